The molecule has 0 radical (unpaired) electrons. The Balaban J connectivity index is 2.90. The Hall–Kier alpha value is -1.60. The number of phenols is 1. The maximum Gasteiger partial charge on any atom is 0.141 e. The van der Waals surface area contributed by atoms with Gasteiger partial charge in [-0.15, -0.1) is 11.3 Å². The van der Waals surface area contributed by atoms with Crippen molar-refractivity contribution in [3.63, 3.8) is 0 Å². The molecule has 1 aromatic carbocycles. The molecule has 13 heavy (non-hydrogen) atoms. The van der Waals surface area contributed by atoms with Crippen LogP contribution in [0.25, 0.3) is 10.1 Å². The van der Waals surface area contributed by atoms with E-state index in [0.29, 0.717) is 15.0 Å². The van der Waals surface area contributed by atoms with Gasteiger partial charge >= 0.3 is 0 Å². The lowest BCUT2D eigenvalue weighted by atomic mass is 10.2. The predicted molar refractivity (Wildman–Crippen MR) is 48.2 cm³/mol. The molecule has 2 aromatic rings. The van der Waals surface area contributed by atoms with Crippen LogP contribution in [0, 0.1) is 17.1 Å². The Morgan fingerprint density at radius 3 is 2.85 bits per heavy atom. The number of fused-ring (bicyclic) bond motifs is 1. The maximum absolute atomic E-state index is 13.1. The number of halogens is 1. The predicted octanol–water partition coefficient (Wildman–Crippen LogP) is 2.62. The van der Waals surface area contributed by atoms with Crippen LogP contribution in [0.2, 0.25) is 0 Å². The first-order valence-electron chi connectivity index (χ1n) is 3.53. The topological polar surface area (TPSA) is 44.0 Å². The van der Waals surface area contributed by atoms with Crippen molar-refractivity contribution in [2.45, 2.75) is 0 Å². The fourth-order valence-corrected chi connectivity index (χ4v) is 2.01. The lowest BCUT2D eigenvalue weighted by Gasteiger charge is -1.93. The fraction of sp³-hybridized carbons (Fsp3) is 0. The van der Waals surface area contributed by atoms with Crippen LogP contribution in [0.5, 0.6) is 5.75 Å². The van der Waals surface area contributed by atoms with E-state index < -0.39 is 5.82 Å². The second kappa shape index (κ2) is 2.71. The molecule has 1 aromatic heterocycles. The van der Waals surface area contributed by atoms with Gasteiger partial charge in [0.1, 0.15) is 22.5 Å². The molecule has 0 aliphatic carbocycles. The highest BCUT2D eigenvalue weighted by Gasteiger charge is 2.09. The number of nitriles is 1. The van der Waals surface area contributed by atoms with Crippen molar-refractivity contribution in [3.8, 4) is 11.8 Å². The summed E-state index contributed by atoms with van der Waals surface area (Å²) in [5.41, 5.74) is 0. The van der Waals surface area contributed by atoms with E-state index >= 15 is 0 Å². The second-order valence-electron chi connectivity index (χ2n) is 2.53. The largest absolute Gasteiger partial charge is 0.507 e. The van der Waals surface area contributed by atoms with Gasteiger partial charge in [-0.1, -0.05) is 0 Å². The number of hydrogen-bond donors (Lipinski definition) is 1. The third-order valence-electron chi connectivity index (χ3n) is 1.72. The van der Waals surface area contributed by atoms with Crippen molar-refractivity contribution in [1.82, 2.24) is 0 Å². The minimum absolute atomic E-state index is 0.00847. The Bertz CT molecular complexity index is 473. The molecule has 1 N–H and O–H groups in total. The Morgan fingerprint density at radius 2 is 2.23 bits per heavy atom. The van der Waals surface area contributed by atoms with E-state index in [1.807, 2.05) is 6.07 Å². The standard InChI is InChI=1S/C9H4FNOS/c10-7-1-2-8(12)6-3-5(4-11)13-9(6)7/h1-3,12H. The lowest BCUT2D eigenvalue weighted by Crippen LogP contribution is -1.72. The molecule has 4 heteroatoms. The molecule has 2 nitrogen and oxygen atoms in total. The van der Waals surface area contributed by atoms with E-state index in [1.54, 1.807) is 0 Å². The normalized spacial score (nSPS) is 10.2. The summed E-state index contributed by atoms with van der Waals surface area (Å²) in [4.78, 5) is 0.399. The first-order valence-corrected chi connectivity index (χ1v) is 4.35. The summed E-state index contributed by atoms with van der Waals surface area (Å²) >= 11 is 1.04. The zero-order valence-corrected chi connectivity index (χ0v) is 7.23. The van der Waals surface area contributed by atoms with Crippen molar-refractivity contribution in [2.24, 2.45) is 0 Å². The molecule has 0 amide bonds. The number of aromatic hydroxyl groups is 1. The maximum atomic E-state index is 13.1. The average molecular weight is 193 g/mol. The summed E-state index contributed by atoms with van der Waals surface area (Å²) in [5, 5.41) is 18.3. The highest BCUT2D eigenvalue weighted by atomic mass is 32.1. The van der Waals surface area contributed by atoms with E-state index in [-0.39, 0.29) is 5.75 Å². The number of nitrogens with zero attached hydrogens (tertiary/aromatic N) is 1. The van der Waals surface area contributed by atoms with Gasteiger partial charge in [0, 0.05) is 5.39 Å². The molecule has 0 unspecified atom stereocenters. The van der Waals surface area contributed by atoms with E-state index in [9.17, 15) is 9.50 Å². The van der Waals surface area contributed by atoms with E-state index in [2.05, 4.69) is 0 Å². The molecule has 0 saturated carbocycles. The van der Waals surface area contributed by atoms with Crippen molar-refractivity contribution >= 4 is 21.4 Å². The van der Waals surface area contributed by atoms with Gasteiger partial charge in [-0.05, 0) is 18.2 Å². The van der Waals surface area contributed by atoms with Gasteiger partial charge in [-0.3, -0.25) is 0 Å². The minimum atomic E-state index is -0.403. The molecular weight excluding hydrogens is 189 g/mol. The summed E-state index contributed by atoms with van der Waals surface area (Å²) < 4.78 is 13.4. The van der Waals surface area contributed by atoms with Crippen LogP contribution >= 0.6 is 11.3 Å². The van der Waals surface area contributed by atoms with Gasteiger partial charge in [-0.25, -0.2) is 4.39 Å². The van der Waals surface area contributed by atoms with Crippen molar-refractivity contribution in [1.29, 1.82) is 5.26 Å². The van der Waals surface area contributed by atoms with E-state index in [4.69, 9.17) is 5.26 Å². The highest BCUT2D eigenvalue weighted by molar-refractivity contribution is 7.19. The molecule has 64 valence electrons. The monoisotopic (exact) mass is 193 g/mol. The average Bonchev–Trinajstić information content (AvgIpc) is 2.56. The number of thiophene rings is 1. The van der Waals surface area contributed by atoms with Crippen molar-refractivity contribution in [2.75, 3.05) is 0 Å². The Labute approximate surface area is 77.5 Å². The summed E-state index contributed by atoms with van der Waals surface area (Å²) in [6, 6.07) is 5.87. The molecule has 0 atom stereocenters. The van der Waals surface area contributed by atoms with Crippen LogP contribution in [0.3, 0.4) is 0 Å². The highest BCUT2D eigenvalue weighted by Crippen LogP contribution is 2.33. The summed E-state index contributed by atoms with van der Waals surface area (Å²) in [5.74, 6) is -0.395. The van der Waals surface area contributed by atoms with Crippen LogP contribution in [0.15, 0.2) is 18.2 Å². The summed E-state index contributed by atoms with van der Waals surface area (Å²) in [6.07, 6.45) is 0. The van der Waals surface area contributed by atoms with Crippen LogP contribution in [0.1, 0.15) is 4.88 Å². The van der Waals surface area contributed by atoms with Crippen LogP contribution < -0.4 is 0 Å². The first kappa shape index (κ1) is 8.02. The van der Waals surface area contributed by atoms with Crippen LogP contribution in [0.4, 0.5) is 4.39 Å². The SMILES string of the molecule is N#Cc1cc2c(O)ccc(F)c2s1. The number of phenolic OH excluding ortho intramolecular Hbond substituents is 1. The summed E-state index contributed by atoms with van der Waals surface area (Å²) in [7, 11) is 0. The van der Waals surface area contributed by atoms with Crippen LogP contribution in [-0.2, 0) is 0 Å². The Morgan fingerprint density at radius 1 is 1.46 bits per heavy atom. The molecule has 2 rings (SSSR count). The molecule has 0 aliphatic rings. The van der Waals surface area contributed by atoms with Gasteiger partial charge in [0.15, 0.2) is 0 Å². The molecule has 0 spiro atoms. The molecule has 0 fully saturated rings. The van der Waals surface area contributed by atoms with Gasteiger partial charge in [-0.2, -0.15) is 5.26 Å². The number of hydrogen-bond acceptors (Lipinski definition) is 3. The third-order valence-corrected chi connectivity index (χ3v) is 2.77. The quantitative estimate of drug-likeness (QED) is 0.698. The van der Waals surface area contributed by atoms with Gasteiger partial charge in [0.2, 0.25) is 0 Å². The van der Waals surface area contributed by atoms with Crippen molar-refractivity contribution in [3.05, 3.63) is 28.9 Å². The zero-order chi connectivity index (χ0) is 9.42. The molecular formula is C9H4FNOS. The fourth-order valence-electron chi connectivity index (χ4n) is 1.13. The molecule has 0 bridgehead atoms. The van der Waals surface area contributed by atoms with Crippen molar-refractivity contribution < 1.29 is 9.50 Å². The van der Waals surface area contributed by atoms with E-state index in [0.717, 1.165) is 11.3 Å². The van der Waals surface area contributed by atoms with E-state index in [1.165, 1.54) is 18.2 Å². The number of benzene rings is 1. The molecule has 1 heterocycles. The first-order chi connectivity index (χ1) is 6.22. The zero-order valence-electron chi connectivity index (χ0n) is 6.41. The third kappa shape index (κ3) is 1.14. The minimum Gasteiger partial charge on any atom is -0.507 e. The number of rotatable bonds is 0. The second-order valence-corrected chi connectivity index (χ2v) is 3.58. The lowest BCUT2D eigenvalue weighted by molar-refractivity contribution is 0.480. The van der Waals surface area contributed by atoms with Gasteiger partial charge in [0.25, 0.3) is 0 Å². The van der Waals surface area contributed by atoms with Gasteiger partial charge in [0.05, 0.1) is 4.70 Å². The summed E-state index contributed by atoms with van der Waals surface area (Å²) in [6.45, 7) is 0. The smallest absolute Gasteiger partial charge is 0.141 e. The molecule has 0 saturated heterocycles. The van der Waals surface area contributed by atoms with Crippen LogP contribution in [-0.4, -0.2) is 5.11 Å². The molecule has 0 aliphatic heterocycles. The Kier molecular flexibility index (Phi) is 1.67. The van der Waals surface area contributed by atoms with Gasteiger partial charge < -0.3 is 5.11 Å².